The van der Waals surface area contributed by atoms with Crippen molar-refractivity contribution >= 4 is 28.7 Å². The van der Waals surface area contributed by atoms with E-state index in [-0.39, 0.29) is 5.69 Å². The zero-order valence-corrected chi connectivity index (χ0v) is 18.5. The van der Waals surface area contributed by atoms with Gasteiger partial charge in [0, 0.05) is 40.5 Å². The lowest BCUT2D eigenvalue weighted by Gasteiger charge is -2.17. The summed E-state index contributed by atoms with van der Waals surface area (Å²) in [6.45, 7) is 6.52. The first-order valence-corrected chi connectivity index (χ1v) is 10.8. The summed E-state index contributed by atoms with van der Waals surface area (Å²) in [5.41, 5.74) is 4.66. The van der Waals surface area contributed by atoms with Gasteiger partial charge in [0.05, 0.1) is 11.5 Å². The normalized spacial score (nSPS) is 12.7. The molecule has 0 atom stereocenters. The number of nitro groups is 1. The molecule has 3 aromatic heterocycles. The number of thiophene rings is 1. The molecule has 0 aliphatic carbocycles. The second kappa shape index (κ2) is 7.65. The molecule has 0 radical (unpaired) electrons. The summed E-state index contributed by atoms with van der Waals surface area (Å²) in [4.78, 5) is 16.1. The Morgan fingerprint density at radius 3 is 2.56 bits per heavy atom. The molecule has 0 bridgehead atoms. The van der Waals surface area contributed by atoms with Crippen molar-refractivity contribution in [1.82, 2.24) is 19.7 Å². The summed E-state index contributed by atoms with van der Waals surface area (Å²) >= 11 is 1.66. The number of hydrogen-bond acceptors (Lipinski definition) is 8. The van der Waals surface area contributed by atoms with E-state index in [4.69, 9.17) is 5.10 Å². The monoisotopic (exact) mass is 445 g/mol. The minimum Gasteiger partial charge on any atom is -0.264 e. The number of aryl methyl sites for hydroxylation is 2. The van der Waals surface area contributed by atoms with Gasteiger partial charge in [0.2, 0.25) is 0 Å². The van der Waals surface area contributed by atoms with Crippen LogP contribution >= 0.6 is 11.3 Å². The standard InChI is InChI=1S/C22H19N7O2S/c1-13-14(2)32-21-19(13)20(17-6-8-18(9-7-17)29(30)31)26-27(12-16-5-4-10-23-11-16)22-25-24-15(3)28(21)22/h4-11H,12H2,1-3H3. The molecule has 1 aromatic carbocycles. The van der Waals surface area contributed by atoms with Crippen LogP contribution in [0.5, 0.6) is 0 Å². The van der Waals surface area contributed by atoms with Gasteiger partial charge in [-0.05, 0) is 50.1 Å². The smallest absolute Gasteiger partial charge is 0.264 e. The van der Waals surface area contributed by atoms with E-state index in [2.05, 4.69) is 29.0 Å². The molecule has 0 saturated carbocycles. The zero-order valence-electron chi connectivity index (χ0n) is 17.7. The van der Waals surface area contributed by atoms with E-state index < -0.39 is 4.92 Å². The van der Waals surface area contributed by atoms with Gasteiger partial charge in [-0.1, -0.05) is 6.07 Å². The van der Waals surface area contributed by atoms with E-state index in [0.29, 0.717) is 12.5 Å². The third kappa shape index (κ3) is 3.25. The van der Waals surface area contributed by atoms with Gasteiger partial charge in [-0.2, -0.15) is 5.10 Å². The molecule has 0 amide bonds. The van der Waals surface area contributed by atoms with Crippen molar-refractivity contribution in [3.05, 3.63) is 91.9 Å². The van der Waals surface area contributed by atoms with Crippen LogP contribution in [-0.4, -0.2) is 30.4 Å². The number of benzene rings is 1. The maximum absolute atomic E-state index is 11.2. The van der Waals surface area contributed by atoms with Gasteiger partial charge < -0.3 is 0 Å². The number of hydrazone groups is 1. The molecule has 1 aliphatic heterocycles. The highest BCUT2D eigenvalue weighted by Gasteiger charge is 2.30. The quantitative estimate of drug-likeness (QED) is 0.342. The van der Waals surface area contributed by atoms with Crippen molar-refractivity contribution in [3.63, 3.8) is 0 Å². The number of pyridine rings is 1. The highest BCUT2D eigenvalue weighted by Crippen LogP contribution is 2.38. The van der Waals surface area contributed by atoms with Gasteiger partial charge in [-0.3, -0.25) is 19.7 Å². The van der Waals surface area contributed by atoms with Gasteiger partial charge in [0.15, 0.2) is 0 Å². The molecule has 0 spiro atoms. The first-order chi connectivity index (χ1) is 15.4. The molecular formula is C22H19N7O2S. The van der Waals surface area contributed by atoms with Crippen LogP contribution in [-0.2, 0) is 6.54 Å². The van der Waals surface area contributed by atoms with Crippen LogP contribution in [0.3, 0.4) is 0 Å². The van der Waals surface area contributed by atoms with Crippen LogP contribution < -0.4 is 5.01 Å². The van der Waals surface area contributed by atoms with Crippen LogP contribution in [0, 0.1) is 30.9 Å². The number of aromatic nitrogens is 4. The van der Waals surface area contributed by atoms with Gasteiger partial charge in [0.25, 0.3) is 11.6 Å². The third-order valence-electron chi connectivity index (χ3n) is 5.47. The number of rotatable bonds is 4. The number of nitro benzene ring substituents is 1. The summed E-state index contributed by atoms with van der Waals surface area (Å²) in [7, 11) is 0. The lowest BCUT2D eigenvalue weighted by molar-refractivity contribution is -0.384. The number of anilines is 1. The van der Waals surface area contributed by atoms with Gasteiger partial charge in [-0.25, -0.2) is 5.01 Å². The number of nitrogens with zero attached hydrogens (tertiary/aromatic N) is 7. The van der Waals surface area contributed by atoms with Gasteiger partial charge >= 0.3 is 0 Å². The Hall–Kier alpha value is -3.92. The van der Waals surface area contributed by atoms with E-state index >= 15 is 0 Å². The Bertz CT molecular complexity index is 1360. The first kappa shape index (κ1) is 20.0. The molecule has 0 unspecified atom stereocenters. The Kier molecular flexibility index (Phi) is 4.78. The van der Waals surface area contributed by atoms with Crippen LogP contribution in [0.15, 0.2) is 53.9 Å². The summed E-state index contributed by atoms with van der Waals surface area (Å²) < 4.78 is 2.03. The maximum Gasteiger partial charge on any atom is 0.269 e. The molecule has 1 aliphatic rings. The molecular weight excluding hydrogens is 426 g/mol. The minimum atomic E-state index is -0.399. The fraction of sp³-hybridized carbons (Fsp3) is 0.182. The highest BCUT2D eigenvalue weighted by atomic mass is 32.1. The predicted molar refractivity (Wildman–Crippen MR) is 123 cm³/mol. The van der Waals surface area contributed by atoms with Crippen molar-refractivity contribution in [2.24, 2.45) is 5.10 Å². The third-order valence-corrected chi connectivity index (χ3v) is 6.67. The average Bonchev–Trinajstić information content (AvgIpc) is 3.27. The topological polar surface area (TPSA) is 102 Å². The predicted octanol–water partition coefficient (Wildman–Crippen LogP) is 4.33. The Balaban J connectivity index is 1.74. The van der Waals surface area contributed by atoms with Crippen LogP contribution in [0.2, 0.25) is 0 Å². The Morgan fingerprint density at radius 2 is 1.88 bits per heavy atom. The molecule has 0 saturated heterocycles. The SMILES string of the molecule is Cc1sc2c(c1C)C(c1ccc([N+](=O)[O-])cc1)=NN(Cc1cccnc1)c1nnc(C)n1-2. The van der Waals surface area contributed by atoms with E-state index in [9.17, 15) is 10.1 Å². The summed E-state index contributed by atoms with van der Waals surface area (Å²) in [5, 5.41) is 27.7. The largest absolute Gasteiger partial charge is 0.269 e. The highest BCUT2D eigenvalue weighted by molar-refractivity contribution is 7.15. The second-order valence-corrected chi connectivity index (χ2v) is 8.72. The van der Waals surface area contributed by atoms with E-state index in [1.165, 1.54) is 17.0 Å². The van der Waals surface area contributed by atoms with Crippen molar-refractivity contribution < 1.29 is 4.92 Å². The summed E-state index contributed by atoms with van der Waals surface area (Å²) in [6.07, 6.45) is 3.53. The zero-order chi connectivity index (χ0) is 22.4. The van der Waals surface area contributed by atoms with Crippen LogP contribution in [0.4, 0.5) is 11.6 Å². The fourth-order valence-corrected chi connectivity index (χ4v) is 4.93. The van der Waals surface area contributed by atoms with Crippen molar-refractivity contribution in [1.29, 1.82) is 0 Å². The molecule has 0 N–H and O–H groups in total. The average molecular weight is 446 g/mol. The van der Waals surface area contributed by atoms with Crippen LogP contribution in [0.1, 0.15) is 33.0 Å². The van der Waals surface area contributed by atoms with E-state index in [0.717, 1.165) is 38.8 Å². The number of non-ortho nitro benzene ring substituents is 1. The van der Waals surface area contributed by atoms with E-state index in [1.54, 1.807) is 35.9 Å². The molecule has 32 heavy (non-hydrogen) atoms. The molecule has 0 fully saturated rings. The second-order valence-electron chi connectivity index (χ2n) is 7.52. The first-order valence-electron chi connectivity index (χ1n) is 9.96. The van der Waals surface area contributed by atoms with Crippen molar-refractivity contribution in [2.45, 2.75) is 27.3 Å². The Morgan fingerprint density at radius 1 is 1.09 bits per heavy atom. The maximum atomic E-state index is 11.2. The molecule has 10 heteroatoms. The summed E-state index contributed by atoms with van der Waals surface area (Å²) in [6, 6.07) is 10.4. The number of hydrogen-bond donors (Lipinski definition) is 0. The Labute approximate surface area is 187 Å². The number of fused-ring (bicyclic) bond motifs is 3. The van der Waals surface area contributed by atoms with Crippen molar-refractivity contribution in [3.8, 4) is 5.00 Å². The lowest BCUT2D eigenvalue weighted by atomic mass is 10.00. The van der Waals surface area contributed by atoms with Gasteiger partial charge in [0.1, 0.15) is 16.5 Å². The molecule has 160 valence electrons. The van der Waals surface area contributed by atoms with Crippen LogP contribution in [0.25, 0.3) is 5.00 Å². The van der Waals surface area contributed by atoms with Gasteiger partial charge in [-0.15, -0.1) is 21.5 Å². The molecule has 4 aromatic rings. The van der Waals surface area contributed by atoms with Crippen molar-refractivity contribution in [2.75, 3.05) is 5.01 Å². The molecule has 4 heterocycles. The van der Waals surface area contributed by atoms with E-state index in [1.807, 2.05) is 28.6 Å². The fourth-order valence-electron chi connectivity index (χ4n) is 3.73. The summed E-state index contributed by atoms with van der Waals surface area (Å²) in [5.74, 6) is 1.38. The lowest BCUT2D eigenvalue weighted by Crippen LogP contribution is -2.20. The minimum absolute atomic E-state index is 0.0432. The molecule has 5 rings (SSSR count). The molecule has 9 nitrogen and oxygen atoms in total.